The van der Waals surface area contributed by atoms with E-state index in [1.165, 1.54) is 0 Å². The molecule has 0 fully saturated rings. The van der Waals surface area contributed by atoms with Gasteiger partial charge in [-0.1, -0.05) is 0 Å². The molecule has 0 saturated carbocycles. The van der Waals surface area contributed by atoms with Gasteiger partial charge in [-0.2, -0.15) is 13.2 Å². The number of benzene rings is 1. The van der Waals surface area contributed by atoms with Crippen LogP contribution in [0.2, 0.25) is 0 Å². The van der Waals surface area contributed by atoms with Crippen LogP contribution in [-0.2, 0) is 6.18 Å². The highest BCUT2D eigenvalue weighted by atomic mass is 35.5. The van der Waals surface area contributed by atoms with Crippen LogP contribution in [-0.4, -0.2) is 18.0 Å². The molecule has 0 heterocycles. The molecular weight excluding hydrogens is 302 g/mol. The third-order valence-electron chi connectivity index (χ3n) is 1.95. The second kappa shape index (κ2) is 5.28. The van der Waals surface area contributed by atoms with E-state index in [-0.39, 0.29) is 6.07 Å². The summed E-state index contributed by atoms with van der Waals surface area (Å²) in [6, 6.07) is 1.08. The number of hydrogen-bond acceptors (Lipinski definition) is 2. The Bertz CT molecular complexity index is 480. The van der Waals surface area contributed by atoms with E-state index in [1.54, 1.807) is 0 Å². The average molecular weight is 307 g/mol. The fraction of sp³-hybridized carbons (Fsp3) is 0.300. The lowest BCUT2D eigenvalue weighted by Gasteiger charge is -2.14. The molecule has 0 radical (unpaired) electrons. The molecule has 1 aromatic carbocycles. The number of halogens is 7. The molecule has 19 heavy (non-hydrogen) atoms. The van der Waals surface area contributed by atoms with Crippen molar-refractivity contribution in [2.24, 2.45) is 0 Å². The Morgan fingerprint density at radius 1 is 1.16 bits per heavy atom. The van der Waals surface area contributed by atoms with Gasteiger partial charge in [0.15, 0.2) is 5.78 Å². The fourth-order valence-electron chi connectivity index (χ4n) is 1.21. The first kappa shape index (κ1) is 15.6. The van der Waals surface area contributed by atoms with Gasteiger partial charge in [-0.3, -0.25) is 4.79 Å². The van der Waals surface area contributed by atoms with E-state index in [1.807, 2.05) is 0 Å². The highest BCUT2D eigenvalue weighted by Crippen LogP contribution is 2.34. The lowest BCUT2D eigenvalue weighted by molar-refractivity contribution is -0.274. The molecule has 0 saturated heterocycles. The highest BCUT2D eigenvalue weighted by molar-refractivity contribution is 6.30. The van der Waals surface area contributed by atoms with Crippen molar-refractivity contribution in [2.75, 3.05) is 5.88 Å². The van der Waals surface area contributed by atoms with Crippen molar-refractivity contribution in [1.29, 1.82) is 0 Å². The second-order valence-electron chi connectivity index (χ2n) is 3.31. The fourth-order valence-corrected chi connectivity index (χ4v) is 1.35. The predicted molar refractivity (Wildman–Crippen MR) is 53.2 cm³/mol. The summed E-state index contributed by atoms with van der Waals surface area (Å²) in [7, 11) is 0. The predicted octanol–water partition coefficient (Wildman–Crippen LogP) is 4.03. The Morgan fingerprint density at radius 2 is 1.74 bits per heavy atom. The zero-order valence-corrected chi connectivity index (χ0v) is 9.66. The van der Waals surface area contributed by atoms with Crippen LogP contribution in [0.4, 0.5) is 26.3 Å². The number of hydrogen-bond donors (Lipinski definition) is 0. The van der Waals surface area contributed by atoms with Gasteiger partial charge in [0.25, 0.3) is 0 Å². The first-order valence-corrected chi connectivity index (χ1v) is 5.14. The average Bonchev–Trinajstić information content (AvgIpc) is 2.25. The molecule has 0 atom stereocenters. The first-order valence-electron chi connectivity index (χ1n) is 4.61. The summed E-state index contributed by atoms with van der Waals surface area (Å²) >= 11 is 5.13. The molecule has 0 aliphatic carbocycles. The Labute approximate surface area is 107 Å². The van der Waals surface area contributed by atoms with E-state index in [0.717, 1.165) is 0 Å². The molecule has 0 N–H and O–H groups in total. The molecule has 1 rings (SSSR count). The maximum atomic E-state index is 12.4. The number of alkyl halides is 7. The van der Waals surface area contributed by atoms with Gasteiger partial charge in [-0.05, 0) is 18.2 Å². The summed E-state index contributed by atoms with van der Waals surface area (Å²) < 4.78 is 76.8. The number of carbonyl (C=O) groups is 1. The molecule has 0 aliphatic heterocycles. The molecule has 0 aromatic heterocycles. The zero-order valence-electron chi connectivity index (χ0n) is 8.90. The van der Waals surface area contributed by atoms with Crippen LogP contribution in [0.1, 0.15) is 15.9 Å². The summed E-state index contributed by atoms with van der Waals surface area (Å²) in [6.07, 6.45) is -9.92. The molecule has 0 aliphatic rings. The van der Waals surface area contributed by atoms with Gasteiger partial charge in [0.1, 0.15) is 5.75 Å². The number of carbonyl (C=O) groups excluding carboxylic acids is 1. The van der Waals surface area contributed by atoms with E-state index < -0.39 is 41.1 Å². The summed E-state index contributed by atoms with van der Waals surface area (Å²) in [5.74, 6) is -2.90. The maximum absolute atomic E-state index is 12.4. The molecule has 0 amide bonds. The van der Waals surface area contributed by atoms with Gasteiger partial charge >= 0.3 is 12.5 Å². The van der Waals surface area contributed by atoms with E-state index in [4.69, 9.17) is 11.6 Å². The van der Waals surface area contributed by atoms with Crippen molar-refractivity contribution in [3.05, 3.63) is 29.3 Å². The Kier molecular flexibility index (Phi) is 4.34. The lowest BCUT2D eigenvalue weighted by atomic mass is 10.1. The molecule has 0 bridgehead atoms. The SMILES string of the molecule is O=C(CCl)c1cc(C(F)(F)F)ccc1OC(F)(F)F. The molecule has 0 spiro atoms. The van der Waals surface area contributed by atoms with Gasteiger partial charge in [-0.15, -0.1) is 24.8 Å². The maximum Gasteiger partial charge on any atom is 0.573 e. The van der Waals surface area contributed by atoms with Gasteiger partial charge in [0.2, 0.25) is 0 Å². The van der Waals surface area contributed by atoms with E-state index in [9.17, 15) is 31.1 Å². The van der Waals surface area contributed by atoms with Gasteiger partial charge < -0.3 is 4.74 Å². The minimum Gasteiger partial charge on any atom is -0.405 e. The minimum atomic E-state index is -5.12. The van der Waals surface area contributed by atoms with Crippen molar-refractivity contribution in [2.45, 2.75) is 12.5 Å². The molecule has 1 aromatic rings. The largest absolute Gasteiger partial charge is 0.573 e. The van der Waals surface area contributed by atoms with Crippen LogP contribution in [0.5, 0.6) is 5.75 Å². The van der Waals surface area contributed by atoms with Crippen molar-refractivity contribution in [1.82, 2.24) is 0 Å². The van der Waals surface area contributed by atoms with Crippen LogP contribution in [0.3, 0.4) is 0 Å². The molecule has 0 unspecified atom stereocenters. The van der Waals surface area contributed by atoms with Gasteiger partial charge in [0, 0.05) is 0 Å². The molecule has 2 nitrogen and oxygen atoms in total. The monoisotopic (exact) mass is 306 g/mol. The number of ketones is 1. The van der Waals surface area contributed by atoms with Crippen LogP contribution in [0.25, 0.3) is 0 Å². The zero-order chi connectivity index (χ0) is 14.8. The first-order chi connectivity index (χ1) is 8.54. The topological polar surface area (TPSA) is 26.3 Å². The summed E-state index contributed by atoms with van der Waals surface area (Å²) in [5, 5.41) is 0. The van der Waals surface area contributed by atoms with Crippen LogP contribution in [0, 0.1) is 0 Å². The van der Waals surface area contributed by atoms with Crippen molar-refractivity contribution in [3.63, 3.8) is 0 Å². The molecule has 106 valence electrons. The summed E-state index contributed by atoms with van der Waals surface area (Å²) in [5.41, 5.74) is -2.14. The molecular formula is C10H5ClF6O2. The van der Waals surface area contributed by atoms with Crippen LogP contribution < -0.4 is 4.74 Å². The normalized spacial score (nSPS) is 12.4. The number of Topliss-reactive ketones (excluding diaryl/α,β-unsaturated/α-hetero) is 1. The Hall–Kier alpha value is -1.44. The van der Waals surface area contributed by atoms with Crippen molar-refractivity contribution < 1.29 is 35.9 Å². The number of ether oxygens (including phenoxy) is 1. The summed E-state index contributed by atoms with van der Waals surface area (Å²) in [4.78, 5) is 11.3. The third kappa shape index (κ3) is 4.30. The van der Waals surface area contributed by atoms with E-state index in [0.29, 0.717) is 12.1 Å². The smallest absolute Gasteiger partial charge is 0.405 e. The highest BCUT2D eigenvalue weighted by Gasteiger charge is 2.35. The van der Waals surface area contributed by atoms with E-state index in [2.05, 4.69) is 4.74 Å². The minimum absolute atomic E-state index is 0.270. The standard InChI is InChI=1S/C10H5ClF6O2/c11-4-7(18)6-3-5(9(12,13)14)1-2-8(6)19-10(15,16)17/h1-3H,4H2. The third-order valence-corrected chi connectivity index (χ3v) is 2.20. The van der Waals surface area contributed by atoms with Gasteiger partial charge in [0.05, 0.1) is 17.0 Å². The van der Waals surface area contributed by atoms with Crippen LogP contribution in [0.15, 0.2) is 18.2 Å². The Balaban J connectivity index is 3.29. The van der Waals surface area contributed by atoms with Crippen molar-refractivity contribution >= 4 is 17.4 Å². The quantitative estimate of drug-likeness (QED) is 0.479. The second-order valence-corrected chi connectivity index (χ2v) is 3.58. The number of rotatable bonds is 3. The van der Waals surface area contributed by atoms with Gasteiger partial charge in [-0.25, -0.2) is 0 Å². The molecule has 9 heteroatoms. The van der Waals surface area contributed by atoms with Crippen LogP contribution >= 0.6 is 11.6 Å². The van der Waals surface area contributed by atoms with E-state index >= 15 is 0 Å². The van der Waals surface area contributed by atoms with Crippen molar-refractivity contribution in [3.8, 4) is 5.75 Å². The Morgan fingerprint density at radius 3 is 2.16 bits per heavy atom. The summed E-state index contributed by atoms with van der Waals surface area (Å²) in [6.45, 7) is 0. The lowest BCUT2D eigenvalue weighted by Crippen LogP contribution is -2.20.